The summed E-state index contributed by atoms with van der Waals surface area (Å²) >= 11 is 4.35. The Bertz CT molecular complexity index is 725. The fourth-order valence-electron chi connectivity index (χ4n) is 1.76. The van der Waals surface area contributed by atoms with Crippen molar-refractivity contribution in [3.8, 4) is 0 Å². The van der Waals surface area contributed by atoms with E-state index in [4.69, 9.17) is 11.6 Å². The smallest absolute Gasteiger partial charge is 0.279 e. The zero-order valence-corrected chi connectivity index (χ0v) is 15.3. The minimum absolute atomic E-state index is 0.115. The predicted octanol–water partition coefficient (Wildman–Crippen LogP) is 4.23. The first kappa shape index (κ1) is 18.5. The van der Waals surface area contributed by atoms with E-state index in [1.807, 2.05) is 18.2 Å². The summed E-state index contributed by atoms with van der Waals surface area (Å²) in [7, 11) is 0. The average Bonchev–Trinajstić information content (AvgIpc) is 2.53. The summed E-state index contributed by atoms with van der Waals surface area (Å²) in [5.74, 6) is -0.416. The number of hydrogen-bond acceptors (Lipinski definition) is 3. The third-order valence-corrected chi connectivity index (χ3v) is 4.71. The van der Waals surface area contributed by atoms with E-state index >= 15 is 0 Å². The van der Waals surface area contributed by atoms with Crippen LogP contribution in [0.4, 0.5) is 5.69 Å². The van der Waals surface area contributed by atoms with E-state index in [1.165, 1.54) is 0 Å². The Morgan fingerprint density at radius 2 is 1.67 bits per heavy atom. The van der Waals surface area contributed by atoms with Crippen LogP contribution in [0.3, 0.4) is 0 Å². The molecule has 0 saturated heterocycles. The maximum atomic E-state index is 12.7. The monoisotopic (exact) mass is 362 g/mol. The second-order valence-corrected chi connectivity index (χ2v) is 8.47. The van der Waals surface area contributed by atoms with Crippen LogP contribution >= 0.6 is 11.6 Å². The minimum atomic E-state index is -1.56. The first-order valence-electron chi connectivity index (χ1n) is 7.40. The van der Waals surface area contributed by atoms with Gasteiger partial charge in [0.05, 0.1) is 0 Å². The highest BCUT2D eigenvalue weighted by atomic mass is 35.5. The molecule has 1 unspecified atom stereocenters. The highest BCUT2D eigenvalue weighted by Gasteiger charge is 2.29. The van der Waals surface area contributed by atoms with Crippen molar-refractivity contribution < 1.29 is 9.35 Å². The Hall–Kier alpha value is -1.82. The van der Waals surface area contributed by atoms with E-state index in [1.54, 1.807) is 57.2 Å². The maximum absolute atomic E-state index is 12.7. The van der Waals surface area contributed by atoms with Gasteiger partial charge in [-0.25, -0.2) is 0 Å². The first-order valence-corrected chi connectivity index (χ1v) is 8.89. The third kappa shape index (κ3) is 5.09. The van der Waals surface area contributed by atoms with Crippen molar-refractivity contribution >= 4 is 40.3 Å². The van der Waals surface area contributed by atoms with Gasteiger partial charge in [-0.1, -0.05) is 46.3 Å². The minimum Gasteiger partial charge on any atom is -0.591 e. The molecule has 1 atom stereocenters. The lowest BCUT2D eigenvalue weighted by atomic mass is 10.1. The molecule has 2 aromatic carbocycles. The molecule has 0 saturated carbocycles. The molecule has 2 rings (SSSR count). The van der Waals surface area contributed by atoms with Crippen molar-refractivity contribution in [3.05, 3.63) is 65.2 Å². The highest BCUT2D eigenvalue weighted by molar-refractivity contribution is 7.91. The summed E-state index contributed by atoms with van der Waals surface area (Å²) in [4.78, 5) is 12.7. The number of carbonyl (C=O) groups is 1. The molecule has 0 radical (unpaired) electrons. The lowest BCUT2D eigenvalue weighted by Crippen LogP contribution is -2.31. The van der Waals surface area contributed by atoms with Crippen LogP contribution in [0, 0.1) is 0 Å². The van der Waals surface area contributed by atoms with Crippen LogP contribution in [-0.4, -0.2) is 20.9 Å². The molecule has 0 aliphatic rings. The largest absolute Gasteiger partial charge is 0.591 e. The molecule has 24 heavy (non-hydrogen) atoms. The molecule has 4 nitrogen and oxygen atoms in total. The fourth-order valence-corrected chi connectivity index (χ4v) is 2.52. The van der Waals surface area contributed by atoms with Gasteiger partial charge in [0.25, 0.3) is 5.91 Å². The molecule has 0 fully saturated rings. The van der Waals surface area contributed by atoms with Crippen LogP contribution in [0.2, 0.25) is 5.02 Å². The predicted molar refractivity (Wildman–Crippen MR) is 101 cm³/mol. The van der Waals surface area contributed by atoms with Crippen molar-refractivity contribution in [2.24, 2.45) is 4.40 Å². The molecule has 2 aromatic rings. The topological polar surface area (TPSA) is 64.5 Å². The van der Waals surface area contributed by atoms with E-state index in [9.17, 15) is 9.35 Å². The number of hydrogen-bond donors (Lipinski definition) is 1. The van der Waals surface area contributed by atoms with Gasteiger partial charge in [-0.2, -0.15) is 0 Å². The van der Waals surface area contributed by atoms with Gasteiger partial charge < -0.3 is 9.87 Å². The van der Waals surface area contributed by atoms with Crippen LogP contribution in [0.25, 0.3) is 0 Å². The number of nitrogens with one attached hydrogen (secondary N) is 1. The lowest BCUT2D eigenvalue weighted by molar-refractivity contribution is -0.110. The van der Waals surface area contributed by atoms with Gasteiger partial charge in [0.15, 0.2) is 5.71 Å². The second-order valence-electron chi connectivity index (χ2n) is 6.13. The Morgan fingerprint density at radius 3 is 2.21 bits per heavy atom. The van der Waals surface area contributed by atoms with Crippen molar-refractivity contribution in [1.29, 1.82) is 0 Å². The lowest BCUT2D eigenvalue weighted by Gasteiger charge is -2.19. The van der Waals surface area contributed by atoms with Crippen LogP contribution in [0.15, 0.2) is 59.0 Å². The molecule has 1 N–H and O–H groups in total. The van der Waals surface area contributed by atoms with Gasteiger partial charge in [-0.15, -0.1) is 0 Å². The zero-order chi connectivity index (χ0) is 17.7. The molecule has 0 aliphatic heterocycles. The molecule has 0 aliphatic carbocycles. The normalized spacial score (nSPS) is 13.5. The Labute approximate surface area is 150 Å². The number of benzene rings is 2. The van der Waals surface area contributed by atoms with E-state index in [0.29, 0.717) is 16.3 Å². The summed E-state index contributed by atoms with van der Waals surface area (Å²) in [6.07, 6.45) is 0. The molecular formula is C18H19ClN2O2S. The Morgan fingerprint density at radius 1 is 1.08 bits per heavy atom. The van der Waals surface area contributed by atoms with Crippen molar-refractivity contribution in [1.82, 2.24) is 0 Å². The van der Waals surface area contributed by atoms with Gasteiger partial charge in [-0.05, 0) is 45.0 Å². The first-order chi connectivity index (χ1) is 11.3. The van der Waals surface area contributed by atoms with E-state index in [2.05, 4.69) is 9.71 Å². The van der Waals surface area contributed by atoms with E-state index in [-0.39, 0.29) is 5.71 Å². The van der Waals surface area contributed by atoms with Crippen molar-refractivity contribution in [2.45, 2.75) is 25.5 Å². The molecule has 0 aromatic heterocycles. The van der Waals surface area contributed by atoms with E-state index < -0.39 is 22.0 Å². The zero-order valence-electron chi connectivity index (χ0n) is 13.7. The quantitative estimate of drug-likeness (QED) is 0.653. The molecule has 0 spiro atoms. The standard InChI is InChI=1S/C18H19ClN2O2S/c1-18(2,3)24(23)21-16(13-9-11-14(19)12-10-13)17(22)20-15-7-5-4-6-8-15/h4-12H,1-3H3,(H,20,22). The molecule has 126 valence electrons. The number of carbonyl (C=O) groups excluding carboxylic acids is 1. The van der Waals surface area contributed by atoms with Crippen LogP contribution in [0.1, 0.15) is 26.3 Å². The highest BCUT2D eigenvalue weighted by Crippen LogP contribution is 2.20. The molecule has 6 heteroatoms. The molecular weight excluding hydrogens is 344 g/mol. The number of rotatable bonds is 4. The van der Waals surface area contributed by atoms with E-state index in [0.717, 1.165) is 0 Å². The summed E-state index contributed by atoms with van der Waals surface area (Å²) in [5, 5.41) is 3.33. The number of nitrogens with zero attached hydrogens (tertiary/aromatic N) is 1. The number of para-hydroxylation sites is 1. The number of halogens is 1. The van der Waals surface area contributed by atoms with Gasteiger partial charge >= 0.3 is 0 Å². The maximum Gasteiger partial charge on any atom is 0.279 e. The SMILES string of the molecule is CC(C)(C)[S+]([O-])N=C(C(=O)Nc1ccccc1)c1ccc(Cl)cc1. The van der Waals surface area contributed by atoms with Gasteiger partial charge in [0.1, 0.15) is 16.1 Å². The third-order valence-electron chi connectivity index (χ3n) is 3.06. The van der Waals surface area contributed by atoms with Gasteiger partial charge in [-0.3, -0.25) is 4.79 Å². The van der Waals surface area contributed by atoms with Crippen LogP contribution in [-0.2, 0) is 16.2 Å². The van der Waals surface area contributed by atoms with Gasteiger partial charge in [0.2, 0.25) is 0 Å². The summed E-state index contributed by atoms with van der Waals surface area (Å²) < 4.78 is 16.0. The summed E-state index contributed by atoms with van der Waals surface area (Å²) in [6, 6.07) is 15.8. The van der Waals surface area contributed by atoms with Crippen molar-refractivity contribution in [3.63, 3.8) is 0 Å². The summed E-state index contributed by atoms with van der Waals surface area (Å²) in [6.45, 7) is 5.42. The van der Waals surface area contributed by atoms with Crippen LogP contribution < -0.4 is 5.32 Å². The van der Waals surface area contributed by atoms with Crippen LogP contribution in [0.5, 0.6) is 0 Å². The van der Waals surface area contributed by atoms with Gasteiger partial charge in [0, 0.05) is 16.3 Å². The number of amides is 1. The Kier molecular flexibility index (Phi) is 6.04. The summed E-state index contributed by atoms with van der Waals surface area (Å²) in [5.41, 5.74) is 1.32. The van der Waals surface area contributed by atoms with Crippen molar-refractivity contribution in [2.75, 3.05) is 5.32 Å². The molecule has 0 bridgehead atoms. The molecule has 1 amide bonds. The number of anilines is 1. The molecule has 0 heterocycles. The Balaban J connectivity index is 2.37. The average molecular weight is 363 g/mol. The fraction of sp³-hybridized carbons (Fsp3) is 0.222. The second kappa shape index (κ2) is 7.83.